The number of aliphatic hydroxyl groups is 2. The van der Waals surface area contributed by atoms with Crippen molar-refractivity contribution >= 4 is 22.4 Å². The molecule has 0 spiro atoms. The third-order valence-corrected chi connectivity index (χ3v) is 6.42. The number of piperidine rings is 1. The molecule has 26 heavy (non-hydrogen) atoms. The molecule has 0 saturated carbocycles. The number of aliphatic hydroxyl groups excluding tert-OH is 2. The maximum absolute atomic E-state index is 12.4. The van der Waals surface area contributed by atoms with Crippen molar-refractivity contribution in [2.45, 2.75) is 48.5 Å². The minimum absolute atomic E-state index is 0. The number of sulfonamides is 1. The predicted octanol–water partition coefficient (Wildman–Crippen LogP) is 0.362. The summed E-state index contributed by atoms with van der Waals surface area (Å²) in [6, 6.07) is 7.85. The van der Waals surface area contributed by atoms with Gasteiger partial charge in [0.2, 0.25) is 10.0 Å². The number of likely N-dealkylation sites (tertiary alicyclic amines) is 1. The fraction of sp³-hybridized carbons (Fsp3) is 0.647. The van der Waals surface area contributed by atoms with Crippen LogP contribution in [-0.4, -0.2) is 74.1 Å². The van der Waals surface area contributed by atoms with Crippen LogP contribution in [0.15, 0.2) is 35.2 Å². The SMILES string of the molecule is Cl.O=S(=O)(NC[C@H]1O[C@@H](CO)[C@@H](O)[C@H]1N1CCCCC1)c1ccccc1. The van der Waals surface area contributed by atoms with Gasteiger partial charge in [-0.05, 0) is 38.1 Å². The number of hydrogen-bond acceptors (Lipinski definition) is 6. The maximum atomic E-state index is 12.4. The van der Waals surface area contributed by atoms with E-state index in [1.807, 2.05) is 0 Å². The summed E-state index contributed by atoms with van der Waals surface area (Å²) in [5.74, 6) is 0. The third-order valence-electron chi connectivity index (χ3n) is 4.98. The lowest BCUT2D eigenvalue weighted by atomic mass is 9.99. The van der Waals surface area contributed by atoms with E-state index in [9.17, 15) is 18.6 Å². The molecule has 0 radical (unpaired) electrons. The van der Waals surface area contributed by atoms with Gasteiger partial charge in [-0.2, -0.15) is 0 Å². The summed E-state index contributed by atoms with van der Waals surface area (Å²) in [5, 5.41) is 19.9. The Bertz CT molecular complexity index is 654. The molecule has 0 unspecified atom stereocenters. The van der Waals surface area contributed by atoms with E-state index in [1.54, 1.807) is 18.2 Å². The van der Waals surface area contributed by atoms with Crippen LogP contribution in [0.3, 0.4) is 0 Å². The van der Waals surface area contributed by atoms with E-state index in [0.29, 0.717) is 0 Å². The molecule has 4 atom stereocenters. The molecule has 0 aromatic heterocycles. The Labute approximate surface area is 160 Å². The summed E-state index contributed by atoms with van der Waals surface area (Å²) in [5.41, 5.74) is 0. The number of benzene rings is 1. The van der Waals surface area contributed by atoms with Crippen molar-refractivity contribution in [1.29, 1.82) is 0 Å². The van der Waals surface area contributed by atoms with E-state index in [-0.39, 0.29) is 36.5 Å². The van der Waals surface area contributed by atoms with Crippen LogP contribution >= 0.6 is 12.4 Å². The first-order chi connectivity index (χ1) is 12.0. The number of halogens is 1. The number of hydrogen-bond donors (Lipinski definition) is 3. The summed E-state index contributed by atoms with van der Waals surface area (Å²) in [7, 11) is -3.64. The van der Waals surface area contributed by atoms with Gasteiger partial charge >= 0.3 is 0 Å². The van der Waals surface area contributed by atoms with Crippen molar-refractivity contribution in [3.8, 4) is 0 Å². The second kappa shape index (κ2) is 9.45. The predicted molar refractivity (Wildman–Crippen MR) is 99.8 cm³/mol. The molecule has 0 bridgehead atoms. The highest BCUT2D eigenvalue weighted by Gasteiger charge is 2.46. The Balaban J connectivity index is 0.00000243. The van der Waals surface area contributed by atoms with E-state index >= 15 is 0 Å². The molecule has 3 N–H and O–H groups in total. The quantitative estimate of drug-likeness (QED) is 0.631. The van der Waals surface area contributed by atoms with E-state index in [2.05, 4.69) is 9.62 Å². The number of nitrogens with one attached hydrogen (secondary N) is 1. The molecule has 2 aliphatic rings. The molecule has 1 aromatic carbocycles. The zero-order valence-electron chi connectivity index (χ0n) is 14.5. The molecular formula is C17H27ClN2O5S. The number of ether oxygens (including phenoxy) is 1. The molecule has 7 nitrogen and oxygen atoms in total. The Morgan fingerprint density at radius 3 is 2.38 bits per heavy atom. The van der Waals surface area contributed by atoms with Gasteiger partial charge in [0.15, 0.2) is 0 Å². The van der Waals surface area contributed by atoms with E-state index in [1.165, 1.54) is 12.1 Å². The average Bonchev–Trinajstić information content (AvgIpc) is 2.97. The Morgan fingerprint density at radius 1 is 1.12 bits per heavy atom. The van der Waals surface area contributed by atoms with Gasteiger partial charge in [0.25, 0.3) is 0 Å². The molecule has 0 aliphatic carbocycles. The van der Waals surface area contributed by atoms with Gasteiger partial charge in [0, 0.05) is 6.54 Å². The molecule has 2 saturated heterocycles. The summed E-state index contributed by atoms with van der Waals surface area (Å²) in [6.45, 7) is 1.48. The second-order valence-corrected chi connectivity index (χ2v) is 8.41. The molecule has 1 aromatic rings. The fourth-order valence-electron chi connectivity index (χ4n) is 3.69. The van der Waals surface area contributed by atoms with E-state index in [4.69, 9.17) is 4.74 Å². The molecule has 3 rings (SSSR count). The zero-order chi connectivity index (χ0) is 17.9. The summed E-state index contributed by atoms with van der Waals surface area (Å²) in [6.07, 6.45) is 1.26. The lowest BCUT2D eigenvalue weighted by Crippen LogP contribution is -2.52. The highest BCUT2D eigenvalue weighted by molar-refractivity contribution is 7.89. The van der Waals surface area contributed by atoms with Crippen LogP contribution < -0.4 is 4.72 Å². The minimum atomic E-state index is -3.64. The second-order valence-electron chi connectivity index (χ2n) is 6.64. The largest absolute Gasteiger partial charge is 0.394 e. The lowest BCUT2D eigenvalue weighted by molar-refractivity contribution is -0.0201. The highest BCUT2D eigenvalue weighted by atomic mass is 35.5. The number of rotatable bonds is 6. The first-order valence-electron chi connectivity index (χ1n) is 8.76. The van der Waals surface area contributed by atoms with Gasteiger partial charge < -0.3 is 14.9 Å². The Morgan fingerprint density at radius 2 is 1.77 bits per heavy atom. The molecular weight excluding hydrogens is 380 g/mol. The van der Waals surface area contributed by atoms with Gasteiger partial charge in [-0.1, -0.05) is 24.6 Å². The highest BCUT2D eigenvalue weighted by Crippen LogP contribution is 2.28. The van der Waals surface area contributed by atoms with Crippen LogP contribution in [0.2, 0.25) is 0 Å². The first kappa shape index (κ1) is 21.6. The van der Waals surface area contributed by atoms with Crippen LogP contribution in [0.5, 0.6) is 0 Å². The zero-order valence-corrected chi connectivity index (χ0v) is 16.2. The standard InChI is InChI=1S/C17H26N2O5S.ClH/c20-12-15-17(21)16(19-9-5-2-6-10-19)14(24-15)11-18-25(22,23)13-7-3-1-4-8-13;/h1,3-4,7-8,14-18,20-21H,2,5-6,9-12H2;1H/t14-,15+,16+,17-;/m1./s1. The van der Waals surface area contributed by atoms with Gasteiger partial charge in [-0.25, -0.2) is 13.1 Å². The van der Waals surface area contributed by atoms with Crippen molar-refractivity contribution in [1.82, 2.24) is 9.62 Å². The van der Waals surface area contributed by atoms with E-state index < -0.39 is 28.3 Å². The Hall–Kier alpha value is -0.740. The molecule has 9 heteroatoms. The van der Waals surface area contributed by atoms with Gasteiger partial charge in [0.05, 0.1) is 23.6 Å². The van der Waals surface area contributed by atoms with Gasteiger partial charge in [-0.3, -0.25) is 4.90 Å². The van der Waals surface area contributed by atoms with Gasteiger partial charge in [-0.15, -0.1) is 12.4 Å². The monoisotopic (exact) mass is 406 g/mol. The summed E-state index contributed by atoms with van der Waals surface area (Å²) < 4.78 is 33.2. The minimum Gasteiger partial charge on any atom is -0.394 e. The van der Waals surface area contributed by atoms with E-state index in [0.717, 1.165) is 32.4 Å². The van der Waals surface area contributed by atoms with Crippen molar-refractivity contribution < 1.29 is 23.4 Å². The molecule has 0 amide bonds. The summed E-state index contributed by atoms with van der Waals surface area (Å²) in [4.78, 5) is 2.35. The molecule has 2 fully saturated rings. The first-order valence-corrected chi connectivity index (χ1v) is 10.2. The van der Waals surface area contributed by atoms with Crippen molar-refractivity contribution in [3.63, 3.8) is 0 Å². The van der Waals surface area contributed by atoms with Crippen LogP contribution in [0.4, 0.5) is 0 Å². The smallest absolute Gasteiger partial charge is 0.240 e. The molecule has 2 aliphatic heterocycles. The van der Waals surface area contributed by atoms with Crippen molar-refractivity contribution in [3.05, 3.63) is 30.3 Å². The Kier molecular flexibility index (Phi) is 7.84. The maximum Gasteiger partial charge on any atom is 0.240 e. The van der Waals surface area contributed by atoms with Gasteiger partial charge in [0.1, 0.15) is 12.2 Å². The summed E-state index contributed by atoms with van der Waals surface area (Å²) >= 11 is 0. The lowest BCUT2D eigenvalue weighted by Gasteiger charge is -2.36. The molecule has 148 valence electrons. The van der Waals surface area contributed by atoms with Crippen LogP contribution in [0.1, 0.15) is 19.3 Å². The normalized spacial score (nSPS) is 30.1. The third kappa shape index (κ3) is 4.75. The number of nitrogens with zero attached hydrogens (tertiary/aromatic N) is 1. The van der Waals surface area contributed by atoms with Crippen LogP contribution in [0.25, 0.3) is 0 Å². The van der Waals surface area contributed by atoms with Crippen molar-refractivity contribution in [2.24, 2.45) is 0 Å². The average molecular weight is 407 g/mol. The topological polar surface area (TPSA) is 99.1 Å². The van der Waals surface area contributed by atoms with Crippen LogP contribution in [0, 0.1) is 0 Å². The molecule has 2 heterocycles. The van der Waals surface area contributed by atoms with Crippen LogP contribution in [-0.2, 0) is 14.8 Å². The fourth-order valence-corrected chi connectivity index (χ4v) is 4.75. The van der Waals surface area contributed by atoms with Crippen molar-refractivity contribution in [2.75, 3.05) is 26.2 Å².